The van der Waals surface area contributed by atoms with Crippen LogP contribution < -0.4 is 10.0 Å². The topological polar surface area (TPSA) is 116 Å². The molecule has 4 N–H and O–H groups in total. The van der Waals surface area contributed by atoms with E-state index in [-0.39, 0.29) is 11.6 Å². The molecule has 0 saturated heterocycles. The first-order valence-electron chi connectivity index (χ1n) is 5.83. The third-order valence-electron chi connectivity index (χ3n) is 2.52. The number of aromatic amines is 2. The summed E-state index contributed by atoms with van der Waals surface area (Å²) in [5, 5.41) is 9.46. The van der Waals surface area contributed by atoms with Crippen molar-refractivity contribution in [2.75, 3.05) is 6.54 Å². The zero-order valence-electron chi connectivity index (χ0n) is 10.5. The van der Waals surface area contributed by atoms with Gasteiger partial charge in [0.05, 0.1) is 19.1 Å². The van der Waals surface area contributed by atoms with Crippen molar-refractivity contribution >= 4 is 10.0 Å². The highest BCUT2D eigenvalue weighted by atomic mass is 32.2. The molecule has 19 heavy (non-hydrogen) atoms. The summed E-state index contributed by atoms with van der Waals surface area (Å²) < 4.78 is 26.7. The number of sulfonamides is 1. The lowest BCUT2D eigenvalue weighted by atomic mass is 10.3. The van der Waals surface area contributed by atoms with Gasteiger partial charge in [0.25, 0.3) is 10.0 Å². The van der Waals surface area contributed by atoms with Crippen LogP contribution in [0.4, 0.5) is 0 Å². The summed E-state index contributed by atoms with van der Waals surface area (Å²) in [6.07, 6.45) is 4.57. The minimum absolute atomic E-state index is 0.0907. The van der Waals surface area contributed by atoms with Gasteiger partial charge in [0, 0.05) is 24.0 Å². The second-order valence-corrected chi connectivity index (χ2v) is 5.61. The fourth-order valence-corrected chi connectivity index (χ4v) is 2.68. The average Bonchev–Trinajstić information content (AvgIpc) is 3.05. The van der Waals surface area contributed by atoms with E-state index in [4.69, 9.17) is 0 Å². The maximum Gasteiger partial charge on any atom is 0.258 e. The number of nitrogens with one attached hydrogen (secondary N) is 4. The Labute approximate surface area is 111 Å². The maximum absolute atomic E-state index is 12.1. The standard InChI is InChI=1S/C10H16N6O2S/c1-2-11-3-8-4-14-16-10(8)19(17,18)15-6-9-5-12-7-13-9/h4-5,7,11,15H,2-3,6H2,1H3,(H,12,13)(H,14,16). The van der Waals surface area contributed by atoms with Crippen molar-refractivity contribution in [1.82, 2.24) is 30.2 Å². The molecule has 2 rings (SSSR count). The Kier molecular flexibility index (Phi) is 4.30. The van der Waals surface area contributed by atoms with Gasteiger partial charge in [0.15, 0.2) is 5.03 Å². The molecule has 2 heterocycles. The van der Waals surface area contributed by atoms with E-state index in [1.54, 1.807) is 6.20 Å². The van der Waals surface area contributed by atoms with Crippen molar-refractivity contribution in [3.8, 4) is 0 Å². The zero-order valence-corrected chi connectivity index (χ0v) is 11.3. The number of hydrogen-bond acceptors (Lipinski definition) is 5. The van der Waals surface area contributed by atoms with Crippen LogP contribution in [0.2, 0.25) is 0 Å². The van der Waals surface area contributed by atoms with E-state index in [1.165, 1.54) is 12.5 Å². The molecule has 0 saturated carbocycles. The molecule has 104 valence electrons. The van der Waals surface area contributed by atoms with E-state index in [0.717, 1.165) is 6.54 Å². The lowest BCUT2D eigenvalue weighted by Gasteiger charge is -2.06. The van der Waals surface area contributed by atoms with Crippen LogP contribution in [0.1, 0.15) is 18.2 Å². The highest BCUT2D eigenvalue weighted by molar-refractivity contribution is 7.89. The number of nitrogens with zero attached hydrogens (tertiary/aromatic N) is 2. The normalized spacial score (nSPS) is 11.8. The Hall–Kier alpha value is -1.71. The van der Waals surface area contributed by atoms with E-state index in [0.29, 0.717) is 17.8 Å². The van der Waals surface area contributed by atoms with Crippen LogP contribution in [0, 0.1) is 0 Å². The minimum atomic E-state index is -3.61. The van der Waals surface area contributed by atoms with Crippen LogP contribution in [0.5, 0.6) is 0 Å². The van der Waals surface area contributed by atoms with Crippen LogP contribution in [0.15, 0.2) is 23.7 Å². The Morgan fingerprint density at radius 1 is 1.32 bits per heavy atom. The molecule has 0 aliphatic heterocycles. The van der Waals surface area contributed by atoms with Gasteiger partial charge in [-0.1, -0.05) is 6.92 Å². The summed E-state index contributed by atoms with van der Waals surface area (Å²) in [4.78, 5) is 6.65. The lowest BCUT2D eigenvalue weighted by molar-refractivity contribution is 0.573. The highest BCUT2D eigenvalue weighted by Gasteiger charge is 2.20. The first-order valence-corrected chi connectivity index (χ1v) is 7.31. The number of H-pyrrole nitrogens is 2. The summed E-state index contributed by atoms with van der Waals surface area (Å²) >= 11 is 0. The molecule has 9 heteroatoms. The van der Waals surface area contributed by atoms with Crippen LogP contribution in [0.3, 0.4) is 0 Å². The van der Waals surface area contributed by atoms with E-state index >= 15 is 0 Å². The molecular formula is C10H16N6O2S. The predicted molar refractivity (Wildman–Crippen MR) is 68.6 cm³/mol. The third kappa shape index (κ3) is 3.40. The summed E-state index contributed by atoms with van der Waals surface area (Å²) in [7, 11) is -3.61. The lowest BCUT2D eigenvalue weighted by Crippen LogP contribution is -2.25. The summed E-state index contributed by atoms with van der Waals surface area (Å²) in [6, 6.07) is 0. The molecule has 0 amide bonds. The molecule has 0 spiro atoms. The third-order valence-corrected chi connectivity index (χ3v) is 3.94. The quantitative estimate of drug-likeness (QED) is 0.558. The average molecular weight is 284 g/mol. The zero-order chi connectivity index (χ0) is 13.7. The SMILES string of the molecule is CCNCc1cn[nH]c1S(=O)(=O)NCc1cnc[nH]1. The molecule has 0 bridgehead atoms. The molecular weight excluding hydrogens is 268 g/mol. The van der Waals surface area contributed by atoms with Gasteiger partial charge in [0.1, 0.15) is 0 Å². The summed E-state index contributed by atoms with van der Waals surface area (Å²) in [6.45, 7) is 3.31. The van der Waals surface area contributed by atoms with Gasteiger partial charge in [-0.2, -0.15) is 5.10 Å². The van der Waals surface area contributed by atoms with Gasteiger partial charge in [-0.25, -0.2) is 18.1 Å². The number of rotatable bonds is 7. The minimum Gasteiger partial charge on any atom is -0.347 e. The first kappa shape index (κ1) is 13.7. The van der Waals surface area contributed by atoms with Crippen molar-refractivity contribution in [2.45, 2.75) is 25.0 Å². The highest BCUT2D eigenvalue weighted by Crippen LogP contribution is 2.11. The van der Waals surface area contributed by atoms with Crippen LogP contribution >= 0.6 is 0 Å². The molecule has 2 aromatic heterocycles. The Morgan fingerprint density at radius 3 is 2.84 bits per heavy atom. The fraction of sp³-hybridized carbons (Fsp3) is 0.400. The summed E-state index contributed by atoms with van der Waals surface area (Å²) in [5.74, 6) is 0. The monoisotopic (exact) mass is 284 g/mol. The molecule has 0 aromatic carbocycles. The molecule has 0 fully saturated rings. The van der Waals surface area contributed by atoms with E-state index in [2.05, 4.69) is 30.2 Å². The van der Waals surface area contributed by atoms with E-state index < -0.39 is 10.0 Å². The van der Waals surface area contributed by atoms with Crippen LogP contribution in [-0.4, -0.2) is 35.1 Å². The molecule has 2 aromatic rings. The number of aromatic nitrogens is 4. The summed E-state index contributed by atoms with van der Waals surface area (Å²) in [5.41, 5.74) is 1.30. The van der Waals surface area contributed by atoms with Crippen molar-refractivity contribution in [2.24, 2.45) is 0 Å². The second-order valence-electron chi connectivity index (χ2n) is 3.91. The molecule has 8 nitrogen and oxygen atoms in total. The van der Waals surface area contributed by atoms with Crippen LogP contribution in [-0.2, 0) is 23.1 Å². The van der Waals surface area contributed by atoms with Gasteiger partial charge in [0.2, 0.25) is 0 Å². The largest absolute Gasteiger partial charge is 0.347 e. The Bertz CT molecular complexity index is 604. The predicted octanol–water partition coefficient (Wildman–Crippen LogP) is -0.279. The molecule has 0 unspecified atom stereocenters. The van der Waals surface area contributed by atoms with Crippen molar-refractivity contribution in [3.05, 3.63) is 30.0 Å². The number of imidazole rings is 1. The Morgan fingerprint density at radius 2 is 2.16 bits per heavy atom. The molecule has 0 atom stereocenters. The second kappa shape index (κ2) is 5.95. The molecule has 0 aliphatic carbocycles. The smallest absolute Gasteiger partial charge is 0.258 e. The van der Waals surface area contributed by atoms with E-state index in [9.17, 15) is 8.42 Å². The van der Waals surface area contributed by atoms with Gasteiger partial charge in [-0.05, 0) is 6.54 Å². The fourth-order valence-electron chi connectivity index (χ4n) is 1.54. The Balaban J connectivity index is 2.08. The molecule has 0 aliphatic rings. The molecule has 0 radical (unpaired) electrons. The van der Waals surface area contributed by atoms with Crippen LogP contribution in [0.25, 0.3) is 0 Å². The van der Waals surface area contributed by atoms with Crippen molar-refractivity contribution in [1.29, 1.82) is 0 Å². The van der Waals surface area contributed by atoms with Crippen molar-refractivity contribution < 1.29 is 8.42 Å². The van der Waals surface area contributed by atoms with Gasteiger partial charge < -0.3 is 10.3 Å². The van der Waals surface area contributed by atoms with E-state index in [1.807, 2.05) is 6.92 Å². The number of hydrogen-bond donors (Lipinski definition) is 4. The van der Waals surface area contributed by atoms with Gasteiger partial charge in [-0.15, -0.1) is 0 Å². The first-order chi connectivity index (χ1) is 9.13. The van der Waals surface area contributed by atoms with Gasteiger partial charge in [-0.3, -0.25) is 5.10 Å². The van der Waals surface area contributed by atoms with Crippen molar-refractivity contribution in [3.63, 3.8) is 0 Å². The maximum atomic E-state index is 12.1. The van der Waals surface area contributed by atoms with Gasteiger partial charge >= 0.3 is 0 Å².